The lowest BCUT2D eigenvalue weighted by atomic mass is 9.98. The molecule has 0 aliphatic carbocycles. The van der Waals surface area contributed by atoms with Crippen molar-refractivity contribution in [1.82, 2.24) is 10.3 Å². The van der Waals surface area contributed by atoms with Crippen LogP contribution in [0.4, 0.5) is 5.82 Å². The Kier molecular flexibility index (Phi) is 3.32. The van der Waals surface area contributed by atoms with Crippen LogP contribution in [0.1, 0.15) is 31.4 Å². The minimum absolute atomic E-state index is 0.636. The lowest BCUT2D eigenvalue weighted by Gasteiger charge is -2.36. The molecule has 2 aliphatic heterocycles. The van der Waals surface area contributed by atoms with E-state index in [0.29, 0.717) is 6.04 Å². The van der Waals surface area contributed by atoms with Gasteiger partial charge in [-0.15, -0.1) is 0 Å². The van der Waals surface area contributed by atoms with Gasteiger partial charge >= 0.3 is 0 Å². The molecule has 1 aromatic rings. The van der Waals surface area contributed by atoms with E-state index in [-0.39, 0.29) is 0 Å². The van der Waals surface area contributed by atoms with Gasteiger partial charge in [-0.3, -0.25) is 0 Å². The SMILES string of the molecule is Cc1nc(N(C)C2CC3CCC(C2)N3)ccc1Br. The van der Waals surface area contributed by atoms with Crippen molar-refractivity contribution in [3.63, 3.8) is 0 Å². The highest BCUT2D eigenvalue weighted by Gasteiger charge is 2.35. The Balaban J connectivity index is 1.77. The van der Waals surface area contributed by atoms with Crippen molar-refractivity contribution in [1.29, 1.82) is 0 Å². The van der Waals surface area contributed by atoms with Crippen LogP contribution >= 0.6 is 15.9 Å². The number of nitrogens with one attached hydrogen (secondary N) is 1. The minimum atomic E-state index is 0.636. The van der Waals surface area contributed by atoms with Crippen LogP contribution in [0.15, 0.2) is 16.6 Å². The van der Waals surface area contributed by atoms with Crippen molar-refractivity contribution in [2.24, 2.45) is 0 Å². The number of fused-ring (bicyclic) bond motifs is 2. The number of anilines is 1. The molecule has 3 nitrogen and oxygen atoms in total. The third-order valence-electron chi connectivity index (χ3n) is 4.36. The second kappa shape index (κ2) is 4.82. The molecule has 4 heteroatoms. The van der Waals surface area contributed by atoms with Gasteiger partial charge in [-0.1, -0.05) is 0 Å². The van der Waals surface area contributed by atoms with E-state index in [1.54, 1.807) is 0 Å². The van der Waals surface area contributed by atoms with Gasteiger partial charge in [0.25, 0.3) is 0 Å². The maximum Gasteiger partial charge on any atom is 0.128 e. The minimum Gasteiger partial charge on any atom is -0.357 e. The fraction of sp³-hybridized carbons (Fsp3) is 0.643. The summed E-state index contributed by atoms with van der Waals surface area (Å²) in [4.78, 5) is 7.04. The first-order valence-corrected chi connectivity index (χ1v) is 7.55. The average Bonchev–Trinajstić information content (AvgIpc) is 2.71. The van der Waals surface area contributed by atoms with Crippen LogP contribution in [0.25, 0.3) is 0 Å². The van der Waals surface area contributed by atoms with Crippen molar-refractivity contribution < 1.29 is 0 Å². The van der Waals surface area contributed by atoms with Crippen molar-refractivity contribution in [3.8, 4) is 0 Å². The molecule has 0 spiro atoms. The predicted molar refractivity (Wildman–Crippen MR) is 78.0 cm³/mol. The van der Waals surface area contributed by atoms with Crippen LogP contribution in [0.3, 0.4) is 0 Å². The molecular weight excluding hydrogens is 290 g/mol. The second-order valence-corrected chi connectivity index (χ2v) is 6.47. The molecule has 0 aromatic carbocycles. The molecule has 2 aliphatic rings. The van der Waals surface area contributed by atoms with Gasteiger partial charge in [0.05, 0.1) is 5.69 Å². The van der Waals surface area contributed by atoms with Gasteiger partial charge in [-0.25, -0.2) is 4.98 Å². The zero-order valence-electron chi connectivity index (χ0n) is 11.0. The highest BCUT2D eigenvalue weighted by molar-refractivity contribution is 9.10. The van der Waals surface area contributed by atoms with E-state index >= 15 is 0 Å². The number of piperidine rings is 1. The maximum atomic E-state index is 4.68. The Morgan fingerprint density at radius 1 is 1.28 bits per heavy atom. The number of hydrogen-bond donors (Lipinski definition) is 1. The van der Waals surface area contributed by atoms with Crippen LogP contribution in [0, 0.1) is 6.92 Å². The normalized spacial score (nSPS) is 30.5. The third-order valence-corrected chi connectivity index (χ3v) is 5.20. The molecular formula is C14H20BrN3. The Labute approximate surface area is 117 Å². The number of pyridine rings is 1. The first kappa shape index (κ1) is 12.4. The summed E-state index contributed by atoms with van der Waals surface area (Å²) in [6, 6.07) is 6.31. The number of halogens is 1. The first-order chi connectivity index (χ1) is 8.63. The third kappa shape index (κ3) is 2.28. The van der Waals surface area contributed by atoms with E-state index in [1.807, 2.05) is 6.92 Å². The highest BCUT2D eigenvalue weighted by atomic mass is 79.9. The fourth-order valence-electron chi connectivity index (χ4n) is 3.26. The molecule has 18 heavy (non-hydrogen) atoms. The van der Waals surface area contributed by atoms with E-state index in [2.05, 4.69) is 50.3 Å². The molecule has 1 aromatic heterocycles. The van der Waals surface area contributed by atoms with E-state index in [1.165, 1.54) is 25.7 Å². The van der Waals surface area contributed by atoms with Crippen LogP contribution in [-0.2, 0) is 0 Å². The second-order valence-electron chi connectivity index (χ2n) is 5.61. The lowest BCUT2D eigenvalue weighted by Crippen LogP contribution is -2.47. The van der Waals surface area contributed by atoms with Gasteiger partial charge in [0.1, 0.15) is 5.82 Å². The summed E-state index contributed by atoms with van der Waals surface area (Å²) < 4.78 is 1.09. The van der Waals surface area contributed by atoms with Crippen LogP contribution in [0.5, 0.6) is 0 Å². The summed E-state index contributed by atoms with van der Waals surface area (Å²) in [7, 11) is 2.19. The molecule has 2 unspecified atom stereocenters. The molecule has 2 saturated heterocycles. The molecule has 3 rings (SSSR count). The van der Waals surface area contributed by atoms with Gasteiger partial charge in [0.2, 0.25) is 0 Å². The van der Waals surface area contributed by atoms with Crippen LogP contribution < -0.4 is 10.2 Å². The summed E-state index contributed by atoms with van der Waals surface area (Å²) in [5.74, 6) is 1.10. The number of aryl methyl sites for hydroxylation is 1. The Morgan fingerprint density at radius 3 is 2.56 bits per heavy atom. The summed E-state index contributed by atoms with van der Waals surface area (Å²) in [5.41, 5.74) is 1.07. The number of aromatic nitrogens is 1. The topological polar surface area (TPSA) is 28.2 Å². The van der Waals surface area contributed by atoms with Crippen LogP contribution in [-0.4, -0.2) is 30.2 Å². The van der Waals surface area contributed by atoms with Crippen molar-refractivity contribution >= 4 is 21.7 Å². The number of hydrogen-bond acceptors (Lipinski definition) is 3. The number of rotatable bonds is 2. The molecule has 0 radical (unpaired) electrons. The van der Waals surface area contributed by atoms with E-state index < -0.39 is 0 Å². The Hall–Kier alpha value is -0.610. The molecule has 2 fully saturated rings. The Bertz CT molecular complexity index is 437. The molecule has 1 N–H and O–H groups in total. The van der Waals surface area contributed by atoms with E-state index in [0.717, 1.165) is 28.1 Å². The lowest BCUT2D eigenvalue weighted by molar-refractivity contribution is 0.354. The van der Waals surface area contributed by atoms with E-state index in [9.17, 15) is 0 Å². The van der Waals surface area contributed by atoms with Gasteiger partial charge < -0.3 is 10.2 Å². The summed E-state index contributed by atoms with van der Waals surface area (Å²) in [5, 5.41) is 3.69. The van der Waals surface area contributed by atoms with Gasteiger partial charge in [-0.2, -0.15) is 0 Å². The van der Waals surface area contributed by atoms with Gasteiger partial charge in [-0.05, 0) is 60.7 Å². The zero-order chi connectivity index (χ0) is 12.7. The zero-order valence-corrected chi connectivity index (χ0v) is 12.6. The van der Waals surface area contributed by atoms with Crippen molar-refractivity contribution in [2.45, 2.75) is 50.7 Å². The van der Waals surface area contributed by atoms with Gasteiger partial charge in [0, 0.05) is 29.6 Å². The summed E-state index contributed by atoms with van der Waals surface area (Å²) in [6.07, 6.45) is 5.21. The molecule has 98 valence electrons. The number of nitrogens with zero attached hydrogens (tertiary/aromatic N) is 2. The quantitative estimate of drug-likeness (QED) is 0.910. The maximum absolute atomic E-state index is 4.68. The Morgan fingerprint density at radius 2 is 1.94 bits per heavy atom. The largest absolute Gasteiger partial charge is 0.357 e. The molecule has 0 amide bonds. The first-order valence-electron chi connectivity index (χ1n) is 6.75. The smallest absolute Gasteiger partial charge is 0.128 e. The van der Waals surface area contributed by atoms with Crippen molar-refractivity contribution in [3.05, 3.63) is 22.3 Å². The van der Waals surface area contributed by atoms with Crippen molar-refractivity contribution in [2.75, 3.05) is 11.9 Å². The monoisotopic (exact) mass is 309 g/mol. The van der Waals surface area contributed by atoms with Gasteiger partial charge in [0.15, 0.2) is 0 Å². The summed E-state index contributed by atoms with van der Waals surface area (Å²) in [6.45, 7) is 2.05. The average molecular weight is 310 g/mol. The standard InChI is InChI=1S/C14H20BrN3/c1-9-13(15)5-6-14(16-9)18(2)12-7-10-3-4-11(8-12)17-10/h5-6,10-12,17H,3-4,7-8H2,1-2H3. The predicted octanol–water partition coefficient (Wildman–Crippen LogP) is 2.87. The highest BCUT2D eigenvalue weighted by Crippen LogP contribution is 2.31. The molecule has 2 bridgehead atoms. The summed E-state index contributed by atoms with van der Waals surface area (Å²) >= 11 is 3.51. The van der Waals surface area contributed by atoms with E-state index in [4.69, 9.17) is 0 Å². The molecule has 0 saturated carbocycles. The molecule has 3 heterocycles. The fourth-order valence-corrected chi connectivity index (χ4v) is 3.48. The molecule has 2 atom stereocenters. The van der Waals surface area contributed by atoms with Crippen LogP contribution in [0.2, 0.25) is 0 Å².